The van der Waals surface area contributed by atoms with E-state index < -0.39 is 6.10 Å². The average molecular weight is 404 g/mol. The molecule has 0 spiro atoms. The molecule has 2 heterocycles. The molecule has 7 nitrogen and oxygen atoms in total. The number of aromatic nitrogens is 2. The van der Waals surface area contributed by atoms with Gasteiger partial charge in [-0.15, -0.1) is 0 Å². The number of ether oxygens (including phenoxy) is 1. The van der Waals surface area contributed by atoms with Crippen LogP contribution in [0.25, 0.3) is 11.0 Å². The predicted octanol–water partition coefficient (Wildman–Crippen LogP) is 2.77. The minimum Gasteiger partial charge on any atom is -0.481 e. The fourth-order valence-corrected chi connectivity index (χ4v) is 3.69. The van der Waals surface area contributed by atoms with Crippen molar-refractivity contribution >= 4 is 22.8 Å². The third-order valence-corrected chi connectivity index (χ3v) is 5.23. The second kappa shape index (κ2) is 8.90. The normalized spacial score (nSPS) is 15.5. The number of hydrogen-bond donors (Lipinski definition) is 0. The minimum atomic E-state index is -0.581. The summed E-state index contributed by atoms with van der Waals surface area (Å²) in [5.41, 5.74) is 1.84. The van der Waals surface area contributed by atoms with Gasteiger partial charge in [0.15, 0.2) is 6.10 Å². The van der Waals surface area contributed by atoms with Crippen molar-refractivity contribution in [2.75, 3.05) is 26.2 Å². The minimum absolute atomic E-state index is 0.0656. The average Bonchev–Trinajstić information content (AvgIpc) is 3.04. The molecule has 7 heteroatoms. The first kappa shape index (κ1) is 19.8. The van der Waals surface area contributed by atoms with Gasteiger partial charge in [-0.1, -0.05) is 24.3 Å². The van der Waals surface area contributed by atoms with E-state index in [0.717, 1.165) is 0 Å². The Labute approximate surface area is 175 Å². The number of para-hydroxylation sites is 2. The maximum atomic E-state index is 13.1. The summed E-state index contributed by atoms with van der Waals surface area (Å²) < 4.78 is 5.78. The molecule has 3 aromatic rings. The summed E-state index contributed by atoms with van der Waals surface area (Å²) in [7, 11) is 0. The van der Waals surface area contributed by atoms with Crippen molar-refractivity contribution in [2.45, 2.75) is 19.4 Å². The lowest BCUT2D eigenvalue weighted by Crippen LogP contribution is -2.43. The van der Waals surface area contributed by atoms with Gasteiger partial charge in [-0.2, -0.15) is 0 Å². The van der Waals surface area contributed by atoms with Gasteiger partial charge in [-0.05, 0) is 37.6 Å². The number of benzene rings is 2. The lowest BCUT2D eigenvalue weighted by Gasteiger charge is -2.25. The van der Waals surface area contributed by atoms with Crippen LogP contribution in [0.4, 0.5) is 0 Å². The Morgan fingerprint density at radius 1 is 0.900 bits per heavy atom. The Morgan fingerprint density at radius 2 is 1.63 bits per heavy atom. The van der Waals surface area contributed by atoms with E-state index >= 15 is 0 Å². The Hall–Kier alpha value is -3.48. The largest absolute Gasteiger partial charge is 0.481 e. The van der Waals surface area contributed by atoms with Crippen molar-refractivity contribution in [3.8, 4) is 5.75 Å². The molecule has 1 aliphatic heterocycles. The fraction of sp³-hybridized carbons (Fsp3) is 0.304. The third kappa shape index (κ3) is 4.25. The zero-order valence-electron chi connectivity index (χ0n) is 16.9. The highest BCUT2D eigenvalue weighted by Gasteiger charge is 2.27. The molecule has 30 heavy (non-hydrogen) atoms. The fourth-order valence-electron chi connectivity index (χ4n) is 3.69. The Kier molecular flexibility index (Phi) is 5.88. The predicted molar refractivity (Wildman–Crippen MR) is 113 cm³/mol. The molecule has 2 amide bonds. The van der Waals surface area contributed by atoms with Crippen LogP contribution in [0.1, 0.15) is 23.7 Å². The van der Waals surface area contributed by atoms with Crippen LogP contribution >= 0.6 is 0 Å². The molecule has 0 bridgehead atoms. The third-order valence-electron chi connectivity index (χ3n) is 5.23. The van der Waals surface area contributed by atoms with Crippen LogP contribution in [0.2, 0.25) is 0 Å². The topological polar surface area (TPSA) is 75.6 Å². The van der Waals surface area contributed by atoms with E-state index in [1.54, 1.807) is 35.2 Å². The summed E-state index contributed by atoms with van der Waals surface area (Å²) in [6.07, 6.45) is 3.34. The molecular formula is C23H24N4O3. The van der Waals surface area contributed by atoms with Crippen molar-refractivity contribution in [3.05, 3.63) is 66.5 Å². The zero-order valence-corrected chi connectivity index (χ0v) is 16.9. The summed E-state index contributed by atoms with van der Waals surface area (Å²) in [5.74, 6) is 0.523. The van der Waals surface area contributed by atoms with Gasteiger partial charge in [0, 0.05) is 38.6 Å². The second-order valence-electron chi connectivity index (χ2n) is 7.27. The monoisotopic (exact) mass is 404 g/mol. The Morgan fingerprint density at radius 3 is 2.47 bits per heavy atom. The Balaban J connectivity index is 1.42. The molecule has 0 radical (unpaired) electrons. The first-order chi connectivity index (χ1) is 14.6. The summed E-state index contributed by atoms with van der Waals surface area (Å²) in [6, 6.07) is 14.8. The van der Waals surface area contributed by atoms with Crippen LogP contribution in [0.15, 0.2) is 60.9 Å². The molecular weight excluding hydrogens is 380 g/mol. The van der Waals surface area contributed by atoms with E-state index in [1.165, 1.54) is 0 Å². The van der Waals surface area contributed by atoms with E-state index in [1.807, 2.05) is 42.5 Å². The number of fused-ring (bicyclic) bond motifs is 1. The van der Waals surface area contributed by atoms with E-state index in [0.29, 0.717) is 54.9 Å². The molecule has 154 valence electrons. The molecule has 1 unspecified atom stereocenters. The highest BCUT2D eigenvalue weighted by atomic mass is 16.5. The number of carbonyl (C=O) groups excluding carboxylic acids is 2. The number of carbonyl (C=O) groups is 2. The summed E-state index contributed by atoms with van der Waals surface area (Å²) in [4.78, 5) is 38.2. The van der Waals surface area contributed by atoms with Gasteiger partial charge in [-0.25, -0.2) is 0 Å². The maximum absolute atomic E-state index is 13.1. The zero-order chi connectivity index (χ0) is 20.9. The maximum Gasteiger partial charge on any atom is 0.263 e. The van der Waals surface area contributed by atoms with Crippen molar-refractivity contribution in [2.24, 2.45) is 0 Å². The van der Waals surface area contributed by atoms with E-state index in [-0.39, 0.29) is 11.8 Å². The lowest BCUT2D eigenvalue weighted by atomic mass is 10.1. The van der Waals surface area contributed by atoms with E-state index in [9.17, 15) is 9.59 Å². The molecule has 0 aliphatic carbocycles. The number of hydrogen-bond acceptors (Lipinski definition) is 5. The Bertz CT molecular complexity index is 1040. The SMILES string of the molecule is CC(Oc1ccccc1)C(=O)N1CCCN(C(=O)c2cccc3nccnc23)CC1. The second-order valence-corrected chi connectivity index (χ2v) is 7.27. The van der Waals surface area contributed by atoms with Crippen LogP contribution in [-0.4, -0.2) is 63.9 Å². The first-order valence-electron chi connectivity index (χ1n) is 10.1. The van der Waals surface area contributed by atoms with E-state index in [2.05, 4.69) is 9.97 Å². The van der Waals surface area contributed by atoms with Crippen molar-refractivity contribution in [3.63, 3.8) is 0 Å². The van der Waals surface area contributed by atoms with Crippen molar-refractivity contribution in [1.82, 2.24) is 19.8 Å². The first-order valence-corrected chi connectivity index (χ1v) is 10.1. The standard InChI is InChI=1S/C23H24N4O3/c1-17(30-18-7-3-2-4-8-18)22(28)26-13-6-14-27(16-15-26)23(29)19-9-5-10-20-21(19)25-12-11-24-20/h2-5,7-12,17H,6,13-16H2,1H3. The van der Waals surface area contributed by atoms with Crippen LogP contribution in [0.3, 0.4) is 0 Å². The molecule has 0 N–H and O–H groups in total. The van der Waals surface area contributed by atoms with Crippen LogP contribution in [0, 0.1) is 0 Å². The molecule has 4 rings (SSSR count). The van der Waals surface area contributed by atoms with Gasteiger partial charge in [0.2, 0.25) is 0 Å². The number of rotatable bonds is 4. The lowest BCUT2D eigenvalue weighted by molar-refractivity contribution is -0.137. The van der Waals surface area contributed by atoms with E-state index in [4.69, 9.17) is 4.74 Å². The summed E-state index contributed by atoms with van der Waals surface area (Å²) >= 11 is 0. The van der Waals surface area contributed by atoms with Gasteiger partial charge in [0.05, 0.1) is 11.1 Å². The molecule has 1 aliphatic rings. The number of nitrogens with zero attached hydrogens (tertiary/aromatic N) is 4. The van der Waals surface area contributed by atoms with Gasteiger partial charge >= 0.3 is 0 Å². The summed E-state index contributed by atoms with van der Waals surface area (Å²) in [5, 5.41) is 0. The highest BCUT2D eigenvalue weighted by molar-refractivity contribution is 6.04. The molecule has 1 fully saturated rings. The van der Waals surface area contributed by atoms with Gasteiger partial charge in [0.25, 0.3) is 11.8 Å². The summed E-state index contributed by atoms with van der Waals surface area (Å²) in [6.45, 7) is 3.90. The molecule has 1 atom stereocenters. The van der Waals surface area contributed by atoms with Gasteiger partial charge < -0.3 is 14.5 Å². The van der Waals surface area contributed by atoms with Crippen LogP contribution in [0.5, 0.6) is 5.75 Å². The molecule has 1 saturated heterocycles. The quantitative estimate of drug-likeness (QED) is 0.668. The van der Waals surface area contributed by atoms with Crippen LogP contribution < -0.4 is 4.74 Å². The highest BCUT2D eigenvalue weighted by Crippen LogP contribution is 2.18. The van der Waals surface area contributed by atoms with Crippen molar-refractivity contribution in [1.29, 1.82) is 0 Å². The molecule has 1 aromatic heterocycles. The molecule has 2 aromatic carbocycles. The van der Waals surface area contributed by atoms with Gasteiger partial charge in [0.1, 0.15) is 11.3 Å². The smallest absolute Gasteiger partial charge is 0.263 e. The number of amides is 2. The van der Waals surface area contributed by atoms with Crippen molar-refractivity contribution < 1.29 is 14.3 Å². The van der Waals surface area contributed by atoms with Crippen LogP contribution in [-0.2, 0) is 4.79 Å². The molecule has 0 saturated carbocycles. The van der Waals surface area contributed by atoms with Gasteiger partial charge in [-0.3, -0.25) is 19.6 Å².